The molecule has 0 aliphatic heterocycles. The van der Waals surface area contributed by atoms with E-state index in [1.54, 1.807) is 44.2 Å². The maximum atomic E-state index is 12.5. The molecule has 37 heavy (non-hydrogen) atoms. The molecule has 11 heteroatoms. The van der Waals surface area contributed by atoms with Crippen molar-refractivity contribution < 1.29 is 33.1 Å². The zero-order valence-corrected chi connectivity index (χ0v) is 22.6. The predicted molar refractivity (Wildman–Crippen MR) is 138 cm³/mol. The molecule has 3 atom stereocenters. The maximum absolute atomic E-state index is 12.5. The molecule has 0 aliphatic carbocycles. The summed E-state index contributed by atoms with van der Waals surface area (Å²) >= 11 is 12.1. The minimum atomic E-state index is -0.904. The summed E-state index contributed by atoms with van der Waals surface area (Å²) in [6.45, 7) is 8.42. The lowest BCUT2D eigenvalue weighted by molar-refractivity contribution is -0.166. The monoisotopic (exact) mass is 550 g/mol. The summed E-state index contributed by atoms with van der Waals surface area (Å²) in [5.74, 6) is -1.68. The number of nitrogens with zero attached hydrogens (tertiary/aromatic N) is 1. The number of aromatic nitrogens is 1. The van der Waals surface area contributed by atoms with Gasteiger partial charge in [-0.15, -0.1) is 5.48 Å². The van der Waals surface area contributed by atoms with Crippen LogP contribution in [-0.4, -0.2) is 41.6 Å². The van der Waals surface area contributed by atoms with Crippen molar-refractivity contribution in [1.29, 1.82) is 0 Å². The molecule has 2 aromatic carbocycles. The van der Waals surface area contributed by atoms with E-state index in [-0.39, 0.29) is 24.0 Å². The van der Waals surface area contributed by atoms with Crippen LogP contribution in [0.25, 0.3) is 22.6 Å². The lowest BCUT2D eigenvalue weighted by atomic mass is 9.99. The first kappa shape index (κ1) is 28.4. The number of carbonyl (C=O) groups excluding carboxylic acids is 3. The molecule has 1 unspecified atom stereocenters. The quantitative estimate of drug-likeness (QED) is 0.195. The van der Waals surface area contributed by atoms with E-state index in [0.717, 1.165) is 0 Å². The van der Waals surface area contributed by atoms with Crippen LogP contribution in [0.4, 0.5) is 0 Å². The number of esters is 2. The zero-order valence-electron chi connectivity index (χ0n) is 21.0. The molecule has 0 amide bonds. The van der Waals surface area contributed by atoms with Gasteiger partial charge in [0.1, 0.15) is 24.3 Å². The average Bonchev–Trinajstić information content (AvgIpc) is 3.28. The van der Waals surface area contributed by atoms with Gasteiger partial charge in [0.2, 0.25) is 5.89 Å². The van der Waals surface area contributed by atoms with Gasteiger partial charge in [-0.25, -0.2) is 9.78 Å². The Bertz CT molecular complexity index is 1270. The van der Waals surface area contributed by atoms with Gasteiger partial charge in [0.05, 0.1) is 11.5 Å². The van der Waals surface area contributed by atoms with Crippen molar-refractivity contribution in [2.24, 2.45) is 11.8 Å². The fourth-order valence-electron chi connectivity index (χ4n) is 3.02. The minimum Gasteiger partial charge on any atom is -0.458 e. The van der Waals surface area contributed by atoms with Crippen LogP contribution in [0.3, 0.4) is 0 Å². The van der Waals surface area contributed by atoms with Crippen LogP contribution in [0, 0.1) is 11.8 Å². The van der Waals surface area contributed by atoms with Gasteiger partial charge in [0, 0.05) is 15.6 Å². The number of halogens is 2. The summed E-state index contributed by atoms with van der Waals surface area (Å²) in [7, 11) is 0. The topological polar surface area (TPSA) is 117 Å². The fraction of sp³-hybridized carbons (Fsp3) is 0.385. The molecule has 3 rings (SSSR count). The summed E-state index contributed by atoms with van der Waals surface area (Å²) in [4.78, 5) is 46.1. The van der Waals surface area contributed by atoms with Crippen molar-refractivity contribution in [2.45, 2.75) is 46.8 Å². The molecule has 0 aliphatic rings. The fourth-order valence-corrected chi connectivity index (χ4v) is 3.55. The molecule has 0 fully saturated rings. The molecular formula is C26H28Cl2N2O7. The van der Waals surface area contributed by atoms with Gasteiger partial charge in [-0.3, -0.25) is 9.59 Å². The minimum absolute atomic E-state index is 0.0973. The van der Waals surface area contributed by atoms with Gasteiger partial charge in [0.25, 0.3) is 0 Å². The van der Waals surface area contributed by atoms with Crippen molar-refractivity contribution >= 4 is 52.2 Å². The van der Waals surface area contributed by atoms with E-state index in [1.165, 1.54) is 13.0 Å². The Kier molecular flexibility index (Phi) is 9.53. The van der Waals surface area contributed by atoms with E-state index in [0.29, 0.717) is 32.6 Å². The summed E-state index contributed by atoms with van der Waals surface area (Å²) in [5, 5.41) is 0.881. The lowest BCUT2D eigenvalue weighted by Crippen LogP contribution is -2.40. The third-order valence-corrected chi connectivity index (χ3v) is 6.00. The molecule has 0 spiro atoms. The number of rotatable bonds is 10. The Morgan fingerprint density at radius 1 is 0.973 bits per heavy atom. The molecule has 198 valence electrons. The molecule has 1 aromatic heterocycles. The lowest BCUT2D eigenvalue weighted by Gasteiger charge is -2.19. The Morgan fingerprint density at radius 3 is 2.30 bits per heavy atom. The number of carbonyl (C=O) groups is 3. The zero-order chi connectivity index (χ0) is 27.3. The first-order chi connectivity index (χ1) is 17.4. The van der Waals surface area contributed by atoms with Gasteiger partial charge < -0.3 is 18.7 Å². The van der Waals surface area contributed by atoms with Crippen molar-refractivity contribution in [3.63, 3.8) is 0 Å². The number of oxazole rings is 1. The molecule has 1 N–H and O–H groups in total. The Hall–Kier alpha value is -3.14. The molecule has 3 aromatic rings. The van der Waals surface area contributed by atoms with Crippen molar-refractivity contribution in [2.75, 3.05) is 6.61 Å². The normalized spacial score (nSPS) is 13.7. The van der Waals surface area contributed by atoms with Crippen molar-refractivity contribution in [3.05, 3.63) is 52.0 Å². The van der Waals surface area contributed by atoms with E-state index in [2.05, 4.69) is 10.5 Å². The van der Waals surface area contributed by atoms with Crippen molar-refractivity contribution in [1.82, 2.24) is 10.5 Å². The average molecular weight is 551 g/mol. The number of ether oxygens (including phenoxy) is 2. The van der Waals surface area contributed by atoms with Gasteiger partial charge >= 0.3 is 17.9 Å². The summed E-state index contributed by atoms with van der Waals surface area (Å²) in [5.41, 5.74) is 4.13. The van der Waals surface area contributed by atoms with E-state index in [4.69, 9.17) is 41.9 Å². The van der Waals surface area contributed by atoms with E-state index in [9.17, 15) is 14.4 Å². The van der Waals surface area contributed by atoms with Crippen LogP contribution in [0.2, 0.25) is 10.0 Å². The Morgan fingerprint density at radius 2 is 1.65 bits per heavy atom. The van der Waals surface area contributed by atoms with Crippen molar-refractivity contribution in [3.8, 4) is 11.5 Å². The molecule has 0 radical (unpaired) electrons. The third kappa shape index (κ3) is 7.67. The highest BCUT2D eigenvalue weighted by Gasteiger charge is 2.23. The molecule has 1 heterocycles. The van der Waals surface area contributed by atoms with E-state index in [1.807, 2.05) is 13.8 Å². The largest absolute Gasteiger partial charge is 0.458 e. The van der Waals surface area contributed by atoms with Gasteiger partial charge in [-0.2, -0.15) is 0 Å². The first-order valence-electron chi connectivity index (χ1n) is 11.7. The second-order valence-corrected chi connectivity index (χ2v) is 9.87. The highest BCUT2D eigenvalue weighted by atomic mass is 35.5. The Labute approximate surface area is 224 Å². The highest BCUT2D eigenvalue weighted by molar-refractivity contribution is 6.35. The molecule has 0 saturated heterocycles. The second-order valence-electron chi connectivity index (χ2n) is 9.00. The third-order valence-electron chi connectivity index (χ3n) is 5.56. The van der Waals surface area contributed by atoms with Crippen LogP contribution in [-0.2, 0) is 23.9 Å². The summed E-state index contributed by atoms with van der Waals surface area (Å²) in [6.07, 6.45) is -0.737. The van der Waals surface area contributed by atoms with Crippen LogP contribution in [0.1, 0.15) is 45.0 Å². The van der Waals surface area contributed by atoms with Crippen LogP contribution >= 0.6 is 23.2 Å². The van der Waals surface area contributed by atoms with E-state index >= 15 is 0 Å². The second kappa shape index (κ2) is 12.4. The highest BCUT2D eigenvalue weighted by Crippen LogP contribution is 2.29. The SMILES string of the molecule is CC(COC(=O)c1ccc2nc(-c3cc(Cl)cc(Cl)c3)oc2c1)OC(=O)[C@H](C)NOC(=O)[C@@H](C)C(C)C. The van der Waals surface area contributed by atoms with Crippen LogP contribution < -0.4 is 5.48 Å². The number of hydroxylamine groups is 1. The predicted octanol–water partition coefficient (Wildman–Crippen LogP) is 5.62. The molecule has 0 bridgehead atoms. The van der Waals surface area contributed by atoms with Gasteiger partial charge in [0.15, 0.2) is 5.58 Å². The molecular weight excluding hydrogens is 523 g/mol. The number of fused-ring (bicyclic) bond motifs is 1. The number of hydrogen-bond donors (Lipinski definition) is 1. The smallest absolute Gasteiger partial charge is 0.338 e. The van der Waals surface area contributed by atoms with Gasteiger partial charge in [-0.05, 0) is 56.2 Å². The molecule has 9 nitrogen and oxygen atoms in total. The Balaban J connectivity index is 1.53. The van der Waals surface area contributed by atoms with Crippen LogP contribution in [0.5, 0.6) is 0 Å². The summed E-state index contributed by atoms with van der Waals surface area (Å²) in [6, 6.07) is 8.72. The maximum Gasteiger partial charge on any atom is 0.338 e. The number of nitrogens with one attached hydrogen (secondary N) is 1. The summed E-state index contributed by atoms with van der Waals surface area (Å²) < 4.78 is 16.3. The molecule has 0 saturated carbocycles. The van der Waals surface area contributed by atoms with E-state index < -0.39 is 30.1 Å². The van der Waals surface area contributed by atoms with Crippen LogP contribution in [0.15, 0.2) is 40.8 Å². The number of hydrogen-bond acceptors (Lipinski definition) is 9. The number of benzene rings is 2. The van der Waals surface area contributed by atoms with Gasteiger partial charge in [-0.1, -0.05) is 44.0 Å². The standard InChI is InChI=1S/C26H28Cl2N2O7/c1-13(2)15(4)24(31)37-30-16(5)25(32)35-14(3)12-34-26(33)17-6-7-21-22(10-17)36-23(29-21)18-8-19(27)11-20(28)9-18/h6-11,13-16,30H,12H2,1-5H3/t14?,15-,16-/m0/s1. The first-order valence-corrected chi connectivity index (χ1v) is 12.4.